The van der Waals surface area contributed by atoms with Crippen molar-refractivity contribution in [2.75, 3.05) is 23.3 Å². The Morgan fingerprint density at radius 2 is 1.91 bits per heavy atom. The second kappa shape index (κ2) is 6.97. The second-order valence-corrected chi connectivity index (χ2v) is 6.38. The van der Waals surface area contributed by atoms with Gasteiger partial charge in [0.05, 0.1) is 0 Å². The van der Waals surface area contributed by atoms with Gasteiger partial charge in [-0.25, -0.2) is 0 Å². The molecule has 1 aliphatic heterocycles. The molecule has 1 amide bonds. The fourth-order valence-electron chi connectivity index (χ4n) is 2.81. The summed E-state index contributed by atoms with van der Waals surface area (Å²) in [6, 6.07) is 16.2. The van der Waals surface area contributed by atoms with Gasteiger partial charge in [-0.15, -0.1) is 0 Å². The van der Waals surface area contributed by atoms with Crippen molar-refractivity contribution in [2.24, 2.45) is 0 Å². The molecule has 0 saturated carbocycles. The van der Waals surface area contributed by atoms with Crippen LogP contribution in [-0.4, -0.2) is 19.0 Å². The number of fused-ring (bicyclic) bond motifs is 1. The number of nitrogens with one attached hydrogen (secondary N) is 1. The molecule has 3 nitrogen and oxygen atoms in total. The number of carbonyl (C=O) groups excluding carboxylic acids is 1. The zero-order valence-corrected chi connectivity index (χ0v) is 14.0. The van der Waals surface area contributed by atoms with E-state index in [1.54, 1.807) is 0 Å². The molecule has 3 rings (SSSR count). The summed E-state index contributed by atoms with van der Waals surface area (Å²) in [5.41, 5.74) is 3.40. The number of hydrogen-bond acceptors (Lipinski definition) is 2. The van der Waals surface area contributed by atoms with Gasteiger partial charge in [0.25, 0.3) is 0 Å². The van der Waals surface area contributed by atoms with Gasteiger partial charge in [0.1, 0.15) is 0 Å². The fraction of sp³-hybridized carbons (Fsp3) is 0.278. The first-order chi connectivity index (χ1) is 10.7. The predicted molar refractivity (Wildman–Crippen MR) is 94.4 cm³/mol. The van der Waals surface area contributed by atoms with Crippen LogP contribution in [0.15, 0.2) is 53.0 Å². The Balaban J connectivity index is 1.58. The normalized spacial score (nSPS) is 13.6. The van der Waals surface area contributed by atoms with E-state index in [9.17, 15) is 4.79 Å². The summed E-state index contributed by atoms with van der Waals surface area (Å²) >= 11 is 3.42. The van der Waals surface area contributed by atoms with E-state index >= 15 is 0 Å². The zero-order chi connectivity index (χ0) is 15.4. The van der Waals surface area contributed by atoms with E-state index < -0.39 is 0 Å². The Bertz CT molecular complexity index is 654. The first-order valence-electron chi connectivity index (χ1n) is 7.62. The first-order valence-corrected chi connectivity index (χ1v) is 8.41. The lowest BCUT2D eigenvalue weighted by atomic mass is 10.0. The van der Waals surface area contributed by atoms with E-state index in [2.05, 4.69) is 33.4 Å². The highest BCUT2D eigenvalue weighted by Gasteiger charge is 2.21. The molecule has 0 fully saturated rings. The molecule has 0 radical (unpaired) electrons. The number of rotatable bonds is 4. The maximum Gasteiger partial charge on any atom is 0.228 e. The van der Waals surface area contributed by atoms with Gasteiger partial charge in [-0.05, 0) is 48.7 Å². The van der Waals surface area contributed by atoms with E-state index in [0.717, 1.165) is 35.2 Å². The molecule has 4 heteroatoms. The molecule has 2 aromatic rings. The van der Waals surface area contributed by atoms with Crippen LogP contribution in [0, 0.1) is 0 Å². The van der Waals surface area contributed by atoms with Crippen molar-refractivity contribution >= 4 is 33.2 Å². The molecule has 22 heavy (non-hydrogen) atoms. The second-order valence-electron chi connectivity index (χ2n) is 5.46. The van der Waals surface area contributed by atoms with Crippen LogP contribution in [0.4, 0.5) is 11.4 Å². The Kier molecular flexibility index (Phi) is 4.78. The van der Waals surface area contributed by atoms with Crippen molar-refractivity contribution in [3.63, 3.8) is 0 Å². The van der Waals surface area contributed by atoms with Crippen molar-refractivity contribution in [1.29, 1.82) is 0 Å². The quantitative estimate of drug-likeness (QED) is 0.886. The Morgan fingerprint density at radius 3 is 2.73 bits per heavy atom. The van der Waals surface area contributed by atoms with Gasteiger partial charge in [-0.1, -0.05) is 34.1 Å². The highest BCUT2D eigenvalue weighted by molar-refractivity contribution is 9.10. The molecule has 0 aromatic heterocycles. The summed E-state index contributed by atoms with van der Waals surface area (Å²) in [5, 5.41) is 3.30. The number of benzene rings is 2. The van der Waals surface area contributed by atoms with Crippen molar-refractivity contribution in [1.82, 2.24) is 0 Å². The number of halogens is 1. The van der Waals surface area contributed by atoms with Crippen LogP contribution in [0.2, 0.25) is 0 Å². The molecule has 2 aromatic carbocycles. The third-order valence-corrected chi connectivity index (χ3v) is 4.45. The largest absolute Gasteiger partial charge is 0.385 e. The van der Waals surface area contributed by atoms with Crippen LogP contribution in [0.1, 0.15) is 18.4 Å². The van der Waals surface area contributed by atoms with Crippen LogP contribution in [0.5, 0.6) is 0 Å². The lowest BCUT2D eigenvalue weighted by Crippen LogP contribution is -2.36. The summed E-state index contributed by atoms with van der Waals surface area (Å²) in [6.45, 7) is 1.48. The SMILES string of the molecule is O=C(CCNc1ccc(Br)cc1)N1CCCc2ccccc21. The number of amides is 1. The van der Waals surface area contributed by atoms with Crippen molar-refractivity contribution < 1.29 is 4.79 Å². The summed E-state index contributed by atoms with van der Waals surface area (Å²) in [7, 11) is 0. The maximum absolute atomic E-state index is 12.5. The standard InChI is InChI=1S/C18H19BrN2O/c19-15-7-9-16(10-8-15)20-12-11-18(22)21-13-3-5-14-4-1-2-6-17(14)21/h1-2,4,6-10,20H,3,5,11-13H2. The average molecular weight is 359 g/mol. The monoisotopic (exact) mass is 358 g/mol. The smallest absolute Gasteiger partial charge is 0.228 e. The number of para-hydroxylation sites is 1. The average Bonchev–Trinajstić information content (AvgIpc) is 2.56. The van der Waals surface area contributed by atoms with Crippen LogP contribution in [0.3, 0.4) is 0 Å². The maximum atomic E-state index is 12.5. The van der Waals surface area contributed by atoms with Crippen molar-refractivity contribution in [2.45, 2.75) is 19.3 Å². The number of carbonyl (C=O) groups is 1. The molecule has 1 N–H and O–H groups in total. The van der Waals surface area contributed by atoms with Crippen molar-refractivity contribution in [3.05, 3.63) is 58.6 Å². The van der Waals surface area contributed by atoms with E-state index in [0.29, 0.717) is 13.0 Å². The molecule has 1 aliphatic rings. The minimum absolute atomic E-state index is 0.191. The van der Waals surface area contributed by atoms with E-state index in [-0.39, 0.29) is 5.91 Å². The molecule has 0 atom stereocenters. The molecule has 1 heterocycles. The Morgan fingerprint density at radius 1 is 1.14 bits per heavy atom. The zero-order valence-electron chi connectivity index (χ0n) is 12.4. The van der Waals surface area contributed by atoms with E-state index in [1.807, 2.05) is 41.3 Å². The topological polar surface area (TPSA) is 32.3 Å². The van der Waals surface area contributed by atoms with Gasteiger partial charge in [0.2, 0.25) is 5.91 Å². The number of anilines is 2. The number of aryl methyl sites for hydroxylation is 1. The van der Waals surface area contributed by atoms with Crippen LogP contribution in [0.25, 0.3) is 0 Å². The van der Waals surface area contributed by atoms with Gasteiger partial charge in [-0.3, -0.25) is 4.79 Å². The molecule has 114 valence electrons. The minimum atomic E-state index is 0.191. The van der Waals surface area contributed by atoms with Crippen LogP contribution in [-0.2, 0) is 11.2 Å². The van der Waals surface area contributed by atoms with E-state index in [1.165, 1.54) is 5.56 Å². The Hall–Kier alpha value is -1.81. The predicted octanol–water partition coefficient (Wildman–Crippen LogP) is 4.23. The van der Waals surface area contributed by atoms with Gasteiger partial charge in [0.15, 0.2) is 0 Å². The van der Waals surface area contributed by atoms with Crippen molar-refractivity contribution in [3.8, 4) is 0 Å². The highest BCUT2D eigenvalue weighted by atomic mass is 79.9. The van der Waals surface area contributed by atoms with Crippen LogP contribution >= 0.6 is 15.9 Å². The Labute approximate surface area is 139 Å². The van der Waals surface area contributed by atoms with Gasteiger partial charge in [0, 0.05) is 35.4 Å². The molecule has 0 saturated heterocycles. The molecule has 0 spiro atoms. The summed E-state index contributed by atoms with van der Waals surface area (Å²) < 4.78 is 1.05. The molecular formula is C18H19BrN2O. The first kappa shape index (κ1) is 15.1. The molecule has 0 bridgehead atoms. The van der Waals surface area contributed by atoms with Gasteiger partial charge < -0.3 is 10.2 Å². The lowest BCUT2D eigenvalue weighted by molar-refractivity contribution is -0.118. The number of nitrogens with zero attached hydrogens (tertiary/aromatic N) is 1. The van der Waals surface area contributed by atoms with Gasteiger partial charge >= 0.3 is 0 Å². The molecular weight excluding hydrogens is 340 g/mol. The third-order valence-electron chi connectivity index (χ3n) is 3.92. The highest BCUT2D eigenvalue weighted by Crippen LogP contribution is 2.27. The summed E-state index contributed by atoms with van der Waals surface area (Å²) in [4.78, 5) is 14.4. The third kappa shape index (κ3) is 3.50. The fourth-order valence-corrected chi connectivity index (χ4v) is 3.07. The van der Waals surface area contributed by atoms with Gasteiger partial charge in [-0.2, -0.15) is 0 Å². The van der Waals surface area contributed by atoms with E-state index in [4.69, 9.17) is 0 Å². The summed E-state index contributed by atoms with van der Waals surface area (Å²) in [6.07, 6.45) is 2.62. The molecule has 0 unspecified atom stereocenters. The lowest BCUT2D eigenvalue weighted by Gasteiger charge is -2.29. The minimum Gasteiger partial charge on any atom is -0.385 e. The van der Waals surface area contributed by atoms with Crippen LogP contribution < -0.4 is 10.2 Å². The summed E-state index contributed by atoms with van der Waals surface area (Å²) in [5.74, 6) is 0.191. The molecule has 0 aliphatic carbocycles. The number of hydrogen-bond donors (Lipinski definition) is 1.